The lowest BCUT2D eigenvalue weighted by atomic mass is 9.87. The predicted octanol–water partition coefficient (Wildman–Crippen LogP) is 5.68. The predicted molar refractivity (Wildman–Crippen MR) is 148 cm³/mol. The fraction of sp³-hybridized carbons (Fsp3) is 0.467. The molecule has 2 aromatic carbocycles. The molecule has 192 valence electrons. The van der Waals surface area contributed by atoms with E-state index in [4.69, 9.17) is 5.11 Å². The van der Waals surface area contributed by atoms with E-state index in [1.807, 2.05) is 29.2 Å². The number of piperidine rings is 1. The van der Waals surface area contributed by atoms with E-state index < -0.39 is 5.97 Å². The average molecular weight is 490 g/mol. The van der Waals surface area contributed by atoms with Gasteiger partial charge in [-0.25, -0.2) is 4.79 Å². The van der Waals surface area contributed by atoms with Crippen LogP contribution in [0.15, 0.2) is 54.6 Å². The van der Waals surface area contributed by atoms with Gasteiger partial charge in [0.05, 0.1) is 0 Å². The number of carboxylic acids is 1. The Balaban J connectivity index is 1.46. The van der Waals surface area contributed by atoms with E-state index in [0.29, 0.717) is 5.92 Å². The molecule has 0 radical (unpaired) electrons. The van der Waals surface area contributed by atoms with Crippen molar-refractivity contribution in [1.82, 2.24) is 0 Å². The highest BCUT2D eigenvalue weighted by atomic mass is 16.4. The number of rotatable bonds is 8. The van der Waals surface area contributed by atoms with Gasteiger partial charge in [-0.1, -0.05) is 31.4 Å². The van der Waals surface area contributed by atoms with Gasteiger partial charge in [0.15, 0.2) is 0 Å². The largest absolute Gasteiger partial charge is 0.478 e. The van der Waals surface area contributed by atoms with Gasteiger partial charge in [0, 0.05) is 62.8 Å². The second-order valence-electron chi connectivity index (χ2n) is 10.4. The van der Waals surface area contributed by atoms with Crippen molar-refractivity contribution in [3.63, 3.8) is 0 Å². The van der Waals surface area contributed by atoms with Crippen LogP contribution in [0.3, 0.4) is 0 Å². The van der Waals surface area contributed by atoms with E-state index in [9.17, 15) is 9.59 Å². The number of aliphatic carboxylic acids is 1. The van der Waals surface area contributed by atoms with Gasteiger partial charge in [0.25, 0.3) is 0 Å². The van der Waals surface area contributed by atoms with Crippen LogP contribution in [0.2, 0.25) is 0 Å². The summed E-state index contributed by atoms with van der Waals surface area (Å²) < 4.78 is 0. The molecule has 0 bridgehead atoms. The highest BCUT2D eigenvalue weighted by Crippen LogP contribution is 2.31. The van der Waals surface area contributed by atoms with E-state index >= 15 is 0 Å². The minimum Gasteiger partial charge on any atom is -0.478 e. The van der Waals surface area contributed by atoms with Crippen molar-refractivity contribution in [3.8, 4) is 0 Å². The van der Waals surface area contributed by atoms with Gasteiger partial charge in [-0.3, -0.25) is 4.79 Å². The average Bonchev–Trinajstić information content (AvgIpc) is 2.91. The Kier molecular flexibility index (Phi) is 8.68. The zero-order chi connectivity index (χ0) is 25.5. The van der Waals surface area contributed by atoms with Crippen LogP contribution in [0, 0.1) is 11.8 Å². The smallest absolute Gasteiger partial charge is 0.328 e. The lowest BCUT2D eigenvalue weighted by Crippen LogP contribution is -2.43. The number of nitrogens with zero attached hydrogens (tertiary/aromatic N) is 3. The standard InChI is InChI=1S/C30H39N3O3/c1-31(2)26-12-14-27(15-13-26)32-19-17-24(18-20-32)22-33(30(36)25-8-4-3-5-9-25)28-10-6-7-23(21-28)11-16-29(34)35/h6-7,10-16,21,24-25H,3-5,8-9,17-20,22H2,1-2H3,(H,34,35)/b16-11+. The molecule has 1 aliphatic carbocycles. The molecule has 0 aromatic heterocycles. The highest BCUT2D eigenvalue weighted by molar-refractivity contribution is 5.95. The molecule has 0 spiro atoms. The van der Waals surface area contributed by atoms with Crippen molar-refractivity contribution in [3.05, 3.63) is 60.2 Å². The molecule has 1 saturated carbocycles. The third kappa shape index (κ3) is 6.68. The van der Waals surface area contributed by atoms with Gasteiger partial charge in [0.2, 0.25) is 5.91 Å². The zero-order valence-electron chi connectivity index (χ0n) is 21.6. The molecule has 6 heteroatoms. The Labute approximate surface area is 215 Å². The second kappa shape index (κ2) is 12.1. The van der Waals surface area contributed by atoms with Gasteiger partial charge >= 0.3 is 5.97 Å². The molecule has 1 N–H and O–H groups in total. The Morgan fingerprint density at radius 2 is 1.64 bits per heavy atom. The molecule has 6 nitrogen and oxygen atoms in total. The quantitative estimate of drug-likeness (QED) is 0.483. The lowest BCUT2D eigenvalue weighted by molar-refractivity contribution is -0.131. The SMILES string of the molecule is CN(C)c1ccc(N2CCC(CN(C(=O)C3CCCCC3)c3cccc(/C=C/C(=O)O)c3)CC2)cc1. The number of carbonyl (C=O) groups excluding carboxylic acids is 1. The van der Waals surface area contributed by atoms with Gasteiger partial charge < -0.3 is 19.8 Å². The van der Waals surface area contributed by atoms with Crippen LogP contribution < -0.4 is 14.7 Å². The third-order valence-corrected chi connectivity index (χ3v) is 7.61. The van der Waals surface area contributed by atoms with Crippen LogP contribution in [0.1, 0.15) is 50.5 Å². The molecule has 2 aliphatic rings. The zero-order valence-corrected chi connectivity index (χ0v) is 21.6. The highest BCUT2D eigenvalue weighted by Gasteiger charge is 2.30. The summed E-state index contributed by atoms with van der Waals surface area (Å²) in [5, 5.41) is 9.01. The second-order valence-corrected chi connectivity index (χ2v) is 10.4. The fourth-order valence-corrected chi connectivity index (χ4v) is 5.45. The summed E-state index contributed by atoms with van der Waals surface area (Å²) in [6.07, 6.45) is 10.2. The summed E-state index contributed by atoms with van der Waals surface area (Å²) >= 11 is 0. The maximum Gasteiger partial charge on any atom is 0.328 e. The van der Waals surface area contributed by atoms with Crippen LogP contribution in [-0.4, -0.2) is 50.7 Å². The Morgan fingerprint density at radius 3 is 2.28 bits per heavy atom. The summed E-state index contributed by atoms with van der Waals surface area (Å²) in [7, 11) is 4.11. The molecule has 2 fully saturated rings. The van der Waals surface area contributed by atoms with Gasteiger partial charge in [-0.15, -0.1) is 0 Å². The van der Waals surface area contributed by atoms with E-state index in [1.165, 1.54) is 17.8 Å². The Hall–Kier alpha value is -3.28. The van der Waals surface area contributed by atoms with E-state index in [2.05, 4.69) is 48.2 Å². The van der Waals surface area contributed by atoms with Crippen molar-refractivity contribution >= 4 is 35.0 Å². The molecule has 1 aliphatic heterocycles. The minimum atomic E-state index is -0.973. The fourth-order valence-electron chi connectivity index (χ4n) is 5.45. The van der Waals surface area contributed by atoms with Crippen molar-refractivity contribution in [2.45, 2.75) is 44.9 Å². The van der Waals surface area contributed by atoms with Crippen molar-refractivity contribution in [2.24, 2.45) is 11.8 Å². The Bertz CT molecular complexity index is 1050. The Morgan fingerprint density at radius 1 is 0.944 bits per heavy atom. The first-order valence-corrected chi connectivity index (χ1v) is 13.3. The number of carbonyl (C=O) groups is 2. The molecular formula is C30H39N3O3. The van der Waals surface area contributed by atoms with Crippen molar-refractivity contribution < 1.29 is 14.7 Å². The molecule has 0 atom stereocenters. The van der Waals surface area contributed by atoms with E-state index in [0.717, 1.165) is 75.5 Å². The number of amides is 1. The third-order valence-electron chi connectivity index (χ3n) is 7.61. The first-order chi connectivity index (χ1) is 17.4. The first kappa shape index (κ1) is 25.8. The number of carboxylic acid groups (broad SMARTS) is 1. The van der Waals surface area contributed by atoms with E-state index in [1.54, 1.807) is 6.08 Å². The molecule has 0 unspecified atom stereocenters. The lowest BCUT2D eigenvalue weighted by Gasteiger charge is -2.37. The van der Waals surface area contributed by atoms with Gasteiger partial charge in [-0.05, 0) is 79.6 Å². The molecule has 1 amide bonds. The van der Waals surface area contributed by atoms with Crippen LogP contribution in [0.25, 0.3) is 6.08 Å². The van der Waals surface area contributed by atoms with Crippen LogP contribution in [-0.2, 0) is 9.59 Å². The summed E-state index contributed by atoms with van der Waals surface area (Å²) in [6, 6.07) is 16.5. The van der Waals surface area contributed by atoms with Gasteiger partial charge in [0.1, 0.15) is 0 Å². The molecular weight excluding hydrogens is 450 g/mol. The van der Waals surface area contributed by atoms with E-state index in [-0.39, 0.29) is 11.8 Å². The normalized spacial score (nSPS) is 17.3. The van der Waals surface area contributed by atoms with Gasteiger partial charge in [-0.2, -0.15) is 0 Å². The molecule has 2 aromatic rings. The number of benzene rings is 2. The van der Waals surface area contributed by atoms with Crippen LogP contribution in [0.5, 0.6) is 0 Å². The van der Waals surface area contributed by atoms with Crippen molar-refractivity contribution in [2.75, 3.05) is 48.4 Å². The molecule has 36 heavy (non-hydrogen) atoms. The summed E-state index contributed by atoms with van der Waals surface area (Å²) in [6.45, 7) is 2.69. The molecule has 4 rings (SSSR count). The summed E-state index contributed by atoms with van der Waals surface area (Å²) in [5.74, 6) is -0.213. The van der Waals surface area contributed by atoms with Crippen LogP contribution in [0.4, 0.5) is 17.1 Å². The van der Waals surface area contributed by atoms with Crippen LogP contribution >= 0.6 is 0 Å². The number of anilines is 3. The molecule has 1 heterocycles. The monoisotopic (exact) mass is 489 g/mol. The topological polar surface area (TPSA) is 64.1 Å². The minimum absolute atomic E-state index is 0.0901. The van der Waals surface area contributed by atoms with Crippen molar-refractivity contribution in [1.29, 1.82) is 0 Å². The number of hydrogen-bond acceptors (Lipinski definition) is 4. The maximum absolute atomic E-state index is 13.7. The maximum atomic E-state index is 13.7. The molecule has 1 saturated heterocycles. The first-order valence-electron chi connectivity index (χ1n) is 13.3. The number of hydrogen-bond donors (Lipinski definition) is 1. The summed E-state index contributed by atoms with van der Waals surface area (Å²) in [4.78, 5) is 31.3. The summed E-state index contributed by atoms with van der Waals surface area (Å²) in [5.41, 5.74) is 4.13.